The van der Waals surface area contributed by atoms with Crippen LogP contribution in [0.25, 0.3) is 0 Å². The van der Waals surface area contributed by atoms with E-state index in [1.54, 1.807) is 7.05 Å². The van der Waals surface area contributed by atoms with Crippen molar-refractivity contribution in [3.8, 4) is 0 Å². The van der Waals surface area contributed by atoms with Gasteiger partial charge in [0.15, 0.2) is 0 Å². The minimum atomic E-state index is -4.01. The fourth-order valence-corrected chi connectivity index (χ4v) is 2.57. The predicted octanol–water partition coefficient (Wildman–Crippen LogP) is 3.35. The zero-order valence-corrected chi connectivity index (χ0v) is 9.24. The van der Waals surface area contributed by atoms with Gasteiger partial charge >= 0.3 is 6.18 Å². The Balaban J connectivity index is 2.47. The number of hydrogen-bond donors (Lipinski definition) is 1. The molecule has 0 radical (unpaired) electrons. The highest BCUT2D eigenvalue weighted by Gasteiger charge is 2.35. The van der Waals surface area contributed by atoms with Crippen molar-refractivity contribution in [2.24, 2.45) is 11.8 Å². The van der Waals surface area contributed by atoms with E-state index in [2.05, 4.69) is 5.32 Å². The molecule has 1 aliphatic carbocycles. The summed E-state index contributed by atoms with van der Waals surface area (Å²) < 4.78 is 37.1. The summed E-state index contributed by atoms with van der Waals surface area (Å²) in [6.07, 6.45) is 0.697. The van der Waals surface area contributed by atoms with E-state index < -0.39 is 12.6 Å². The average Bonchev–Trinajstić information content (AvgIpc) is 2.17. The molecule has 90 valence electrons. The lowest BCUT2D eigenvalue weighted by atomic mass is 9.78. The number of rotatable bonds is 4. The van der Waals surface area contributed by atoms with Crippen LogP contribution in [0.15, 0.2) is 0 Å². The topological polar surface area (TPSA) is 12.0 Å². The van der Waals surface area contributed by atoms with Crippen LogP contribution in [-0.2, 0) is 0 Å². The molecular formula is C11H20F3N. The SMILES string of the molecule is CNCC(CC(F)(F)F)C1CCCCC1. The molecule has 0 bridgehead atoms. The van der Waals surface area contributed by atoms with Crippen LogP contribution in [0, 0.1) is 11.8 Å². The highest BCUT2D eigenvalue weighted by atomic mass is 19.4. The van der Waals surface area contributed by atoms with Crippen molar-refractivity contribution >= 4 is 0 Å². The smallest absolute Gasteiger partial charge is 0.319 e. The average molecular weight is 223 g/mol. The second kappa shape index (κ2) is 5.73. The lowest BCUT2D eigenvalue weighted by Crippen LogP contribution is -2.31. The second-order valence-electron chi connectivity index (χ2n) is 4.54. The van der Waals surface area contributed by atoms with E-state index in [0.717, 1.165) is 25.7 Å². The van der Waals surface area contributed by atoms with Crippen molar-refractivity contribution in [2.75, 3.05) is 13.6 Å². The van der Waals surface area contributed by atoms with Gasteiger partial charge in [-0.05, 0) is 25.4 Å². The Morgan fingerprint density at radius 3 is 2.27 bits per heavy atom. The number of hydrogen-bond acceptors (Lipinski definition) is 1. The van der Waals surface area contributed by atoms with Crippen LogP contribution in [0.3, 0.4) is 0 Å². The van der Waals surface area contributed by atoms with Gasteiger partial charge < -0.3 is 5.32 Å². The molecule has 0 aromatic carbocycles. The molecule has 1 rings (SSSR count). The quantitative estimate of drug-likeness (QED) is 0.770. The molecule has 1 unspecified atom stereocenters. The summed E-state index contributed by atoms with van der Waals surface area (Å²) >= 11 is 0. The normalized spacial score (nSPS) is 21.6. The van der Waals surface area contributed by atoms with Crippen molar-refractivity contribution in [2.45, 2.75) is 44.7 Å². The van der Waals surface area contributed by atoms with Crippen molar-refractivity contribution in [1.29, 1.82) is 0 Å². The molecule has 0 heterocycles. The minimum absolute atomic E-state index is 0.227. The molecular weight excluding hydrogens is 203 g/mol. The van der Waals surface area contributed by atoms with Gasteiger partial charge in [0, 0.05) is 6.42 Å². The zero-order chi connectivity index (χ0) is 11.3. The minimum Gasteiger partial charge on any atom is -0.319 e. The molecule has 1 fully saturated rings. The summed E-state index contributed by atoms with van der Waals surface area (Å²) in [5.41, 5.74) is 0. The molecule has 0 aromatic rings. The summed E-state index contributed by atoms with van der Waals surface area (Å²) in [4.78, 5) is 0. The van der Waals surface area contributed by atoms with Crippen LogP contribution in [0.4, 0.5) is 13.2 Å². The first kappa shape index (κ1) is 12.8. The lowest BCUT2D eigenvalue weighted by Gasteiger charge is -2.30. The van der Waals surface area contributed by atoms with Crippen molar-refractivity contribution in [3.63, 3.8) is 0 Å². The van der Waals surface area contributed by atoms with Crippen LogP contribution in [0.2, 0.25) is 0 Å². The van der Waals surface area contributed by atoms with E-state index in [-0.39, 0.29) is 11.8 Å². The Hall–Kier alpha value is -0.250. The maximum absolute atomic E-state index is 12.4. The van der Waals surface area contributed by atoms with E-state index in [0.29, 0.717) is 6.54 Å². The van der Waals surface area contributed by atoms with Gasteiger partial charge in [0.25, 0.3) is 0 Å². The molecule has 1 N–H and O–H groups in total. The molecule has 15 heavy (non-hydrogen) atoms. The van der Waals surface area contributed by atoms with Gasteiger partial charge in [0.1, 0.15) is 0 Å². The molecule has 4 heteroatoms. The van der Waals surface area contributed by atoms with Crippen LogP contribution in [0.1, 0.15) is 38.5 Å². The number of nitrogens with one attached hydrogen (secondary N) is 1. The van der Waals surface area contributed by atoms with E-state index in [1.165, 1.54) is 6.42 Å². The van der Waals surface area contributed by atoms with Crippen LogP contribution in [0.5, 0.6) is 0 Å². The third-order valence-corrected chi connectivity index (χ3v) is 3.28. The maximum Gasteiger partial charge on any atom is 0.389 e. The number of halogens is 3. The third-order valence-electron chi connectivity index (χ3n) is 3.28. The molecule has 0 aliphatic heterocycles. The molecule has 0 aromatic heterocycles. The van der Waals surface area contributed by atoms with Gasteiger partial charge in [-0.3, -0.25) is 0 Å². The summed E-state index contributed by atoms with van der Waals surface area (Å²) in [7, 11) is 1.73. The van der Waals surface area contributed by atoms with E-state index in [4.69, 9.17) is 0 Å². The maximum atomic E-state index is 12.4. The summed E-state index contributed by atoms with van der Waals surface area (Å²) in [5, 5.41) is 2.89. The monoisotopic (exact) mass is 223 g/mol. The molecule has 0 amide bonds. The summed E-state index contributed by atoms with van der Waals surface area (Å²) in [6.45, 7) is 0.490. The third kappa shape index (κ3) is 4.87. The Bertz CT molecular complexity index is 173. The summed E-state index contributed by atoms with van der Waals surface area (Å²) in [6, 6.07) is 0. The van der Waals surface area contributed by atoms with E-state index in [1.807, 2.05) is 0 Å². The van der Waals surface area contributed by atoms with Crippen LogP contribution < -0.4 is 5.32 Å². The fraction of sp³-hybridized carbons (Fsp3) is 1.00. The standard InChI is InChI=1S/C11H20F3N/c1-15-8-10(7-11(12,13)14)9-5-3-2-4-6-9/h9-10,15H,2-8H2,1H3. The van der Waals surface area contributed by atoms with Crippen molar-refractivity contribution in [1.82, 2.24) is 5.32 Å². The molecule has 0 spiro atoms. The molecule has 1 saturated carbocycles. The van der Waals surface area contributed by atoms with Gasteiger partial charge in [-0.1, -0.05) is 32.1 Å². The first-order valence-electron chi connectivity index (χ1n) is 5.74. The van der Waals surface area contributed by atoms with Crippen molar-refractivity contribution < 1.29 is 13.2 Å². The predicted molar refractivity (Wildman–Crippen MR) is 54.7 cm³/mol. The second-order valence-corrected chi connectivity index (χ2v) is 4.54. The largest absolute Gasteiger partial charge is 0.389 e. The zero-order valence-electron chi connectivity index (χ0n) is 9.24. The molecule has 1 nitrogen and oxygen atoms in total. The summed E-state index contributed by atoms with van der Waals surface area (Å²) in [5.74, 6) is 0.0446. The van der Waals surface area contributed by atoms with Gasteiger partial charge in [-0.15, -0.1) is 0 Å². The highest BCUT2D eigenvalue weighted by Crippen LogP contribution is 2.36. The lowest BCUT2D eigenvalue weighted by molar-refractivity contribution is -0.149. The Morgan fingerprint density at radius 1 is 1.20 bits per heavy atom. The Kier molecular flexibility index (Phi) is 4.90. The first-order chi connectivity index (χ1) is 7.03. The Labute approximate surface area is 89.4 Å². The first-order valence-corrected chi connectivity index (χ1v) is 5.74. The van der Waals surface area contributed by atoms with E-state index in [9.17, 15) is 13.2 Å². The highest BCUT2D eigenvalue weighted by molar-refractivity contribution is 4.77. The van der Waals surface area contributed by atoms with Crippen molar-refractivity contribution in [3.05, 3.63) is 0 Å². The molecule has 1 aliphatic rings. The molecule has 1 atom stereocenters. The Morgan fingerprint density at radius 2 is 1.80 bits per heavy atom. The number of alkyl halides is 3. The van der Waals surface area contributed by atoms with E-state index >= 15 is 0 Å². The molecule has 0 saturated heterocycles. The van der Waals surface area contributed by atoms with Crippen LogP contribution in [-0.4, -0.2) is 19.8 Å². The van der Waals surface area contributed by atoms with Gasteiger partial charge in [-0.25, -0.2) is 0 Å². The van der Waals surface area contributed by atoms with Gasteiger partial charge in [0.2, 0.25) is 0 Å². The van der Waals surface area contributed by atoms with Crippen LogP contribution >= 0.6 is 0 Å². The van der Waals surface area contributed by atoms with Gasteiger partial charge in [-0.2, -0.15) is 13.2 Å². The fourth-order valence-electron chi connectivity index (χ4n) is 2.57. The van der Waals surface area contributed by atoms with Gasteiger partial charge in [0.05, 0.1) is 0 Å².